The van der Waals surface area contributed by atoms with Gasteiger partial charge in [0.05, 0.1) is 6.21 Å². The average Bonchev–Trinajstić information content (AvgIpc) is 2.17. The van der Waals surface area contributed by atoms with E-state index in [2.05, 4.69) is 10.5 Å². The third-order valence-electron chi connectivity index (χ3n) is 1.98. The second-order valence-corrected chi connectivity index (χ2v) is 3.51. The van der Waals surface area contributed by atoms with Gasteiger partial charge in [-0.2, -0.15) is 0 Å². The van der Waals surface area contributed by atoms with E-state index in [1.54, 1.807) is 6.07 Å². The third kappa shape index (κ3) is 4.10. The lowest BCUT2D eigenvalue weighted by Crippen LogP contribution is -2.24. The summed E-state index contributed by atoms with van der Waals surface area (Å²) in [6.45, 7) is 1.46. The molecular weight excluding hydrogens is 206 g/mol. The largest absolute Gasteiger partial charge is 0.411 e. The van der Waals surface area contributed by atoms with Crippen molar-refractivity contribution in [1.82, 2.24) is 0 Å². The van der Waals surface area contributed by atoms with Crippen molar-refractivity contribution >= 4 is 17.8 Å². The Labute approximate surface area is 94.0 Å². The second-order valence-electron chi connectivity index (χ2n) is 3.51. The zero-order valence-corrected chi connectivity index (χ0v) is 9.05. The predicted octanol–water partition coefficient (Wildman–Crippen LogP) is 0.975. The van der Waals surface area contributed by atoms with Crippen LogP contribution < -0.4 is 11.1 Å². The van der Waals surface area contributed by atoms with Crippen LogP contribution in [0, 0.1) is 0 Å². The number of hydrogen-bond acceptors (Lipinski definition) is 4. The Bertz CT molecular complexity index is 391. The van der Waals surface area contributed by atoms with Crippen LogP contribution in [0.25, 0.3) is 0 Å². The van der Waals surface area contributed by atoms with Crippen LogP contribution in [0.3, 0.4) is 0 Å². The van der Waals surface area contributed by atoms with Crippen molar-refractivity contribution in [3.05, 3.63) is 29.8 Å². The van der Waals surface area contributed by atoms with Crippen LogP contribution in [0.2, 0.25) is 0 Å². The van der Waals surface area contributed by atoms with Crippen LogP contribution in [0.15, 0.2) is 29.4 Å². The van der Waals surface area contributed by atoms with Gasteiger partial charge in [-0.05, 0) is 24.1 Å². The first-order chi connectivity index (χ1) is 7.61. The number of carbonyl (C=O) groups excluding carboxylic acids is 1. The van der Waals surface area contributed by atoms with Gasteiger partial charge in [-0.1, -0.05) is 12.1 Å². The number of anilines is 1. The van der Waals surface area contributed by atoms with Crippen molar-refractivity contribution in [2.24, 2.45) is 10.9 Å². The van der Waals surface area contributed by atoms with Gasteiger partial charge in [0.15, 0.2) is 0 Å². The average molecular weight is 221 g/mol. The van der Waals surface area contributed by atoms with E-state index in [4.69, 9.17) is 10.9 Å². The summed E-state index contributed by atoms with van der Waals surface area (Å²) < 4.78 is 0. The molecular formula is C11H15N3O2. The number of nitrogens with two attached hydrogens (primary N) is 1. The molecule has 1 aromatic rings. The highest BCUT2D eigenvalue weighted by Crippen LogP contribution is 2.11. The Morgan fingerprint density at radius 1 is 1.69 bits per heavy atom. The molecule has 0 aliphatic heterocycles. The van der Waals surface area contributed by atoms with E-state index in [0.717, 1.165) is 11.3 Å². The van der Waals surface area contributed by atoms with Crippen molar-refractivity contribution in [2.45, 2.75) is 19.4 Å². The highest BCUT2D eigenvalue weighted by atomic mass is 16.4. The lowest BCUT2D eigenvalue weighted by atomic mass is 10.1. The van der Waals surface area contributed by atoms with Crippen LogP contribution in [-0.2, 0) is 11.2 Å². The van der Waals surface area contributed by atoms with E-state index >= 15 is 0 Å². The zero-order chi connectivity index (χ0) is 12.0. The van der Waals surface area contributed by atoms with Crippen molar-refractivity contribution in [3.8, 4) is 0 Å². The van der Waals surface area contributed by atoms with Crippen molar-refractivity contribution in [3.63, 3.8) is 0 Å². The highest BCUT2D eigenvalue weighted by Gasteiger charge is 2.02. The van der Waals surface area contributed by atoms with Crippen LogP contribution in [0.4, 0.5) is 5.69 Å². The Hall–Kier alpha value is -1.88. The molecule has 5 nitrogen and oxygen atoms in total. The first kappa shape index (κ1) is 12.2. The molecule has 0 aliphatic carbocycles. The van der Waals surface area contributed by atoms with Crippen molar-refractivity contribution in [2.75, 3.05) is 5.32 Å². The van der Waals surface area contributed by atoms with Gasteiger partial charge in [-0.3, -0.25) is 4.79 Å². The van der Waals surface area contributed by atoms with Crippen LogP contribution in [-0.4, -0.2) is 23.4 Å². The van der Waals surface area contributed by atoms with Gasteiger partial charge in [0.25, 0.3) is 0 Å². The topological polar surface area (TPSA) is 87.7 Å². The van der Waals surface area contributed by atoms with Crippen molar-refractivity contribution in [1.29, 1.82) is 0 Å². The van der Waals surface area contributed by atoms with Gasteiger partial charge in [0.2, 0.25) is 5.91 Å². The quantitative estimate of drug-likeness (QED) is 0.402. The van der Waals surface area contributed by atoms with Gasteiger partial charge in [0, 0.05) is 18.7 Å². The normalized spacial score (nSPS) is 12.6. The number of amides is 1. The lowest BCUT2D eigenvalue weighted by molar-refractivity contribution is -0.114. The van der Waals surface area contributed by atoms with E-state index in [0.29, 0.717) is 6.42 Å². The Kier molecular flexibility index (Phi) is 4.47. The number of benzene rings is 1. The molecule has 1 unspecified atom stereocenters. The number of oxime groups is 1. The minimum Gasteiger partial charge on any atom is -0.411 e. The number of rotatable bonds is 4. The summed E-state index contributed by atoms with van der Waals surface area (Å²) in [5, 5.41) is 13.9. The summed E-state index contributed by atoms with van der Waals surface area (Å²) in [5.74, 6) is -0.113. The molecule has 16 heavy (non-hydrogen) atoms. The Morgan fingerprint density at radius 2 is 2.44 bits per heavy atom. The molecule has 0 aliphatic rings. The second kappa shape index (κ2) is 5.87. The van der Waals surface area contributed by atoms with Crippen LogP contribution in [0.5, 0.6) is 0 Å². The molecule has 0 saturated heterocycles. The summed E-state index contributed by atoms with van der Waals surface area (Å²) in [4.78, 5) is 10.9. The molecule has 0 spiro atoms. The van der Waals surface area contributed by atoms with Gasteiger partial charge in [-0.25, -0.2) is 0 Å². The number of carbonyl (C=O) groups is 1. The van der Waals surface area contributed by atoms with E-state index < -0.39 is 0 Å². The molecule has 0 radical (unpaired) electrons. The maximum absolute atomic E-state index is 10.9. The number of nitrogens with zero attached hydrogens (tertiary/aromatic N) is 1. The zero-order valence-electron chi connectivity index (χ0n) is 9.05. The van der Waals surface area contributed by atoms with E-state index in [1.807, 2.05) is 18.2 Å². The van der Waals surface area contributed by atoms with Gasteiger partial charge >= 0.3 is 0 Å². The molecule has 1 atom stereocenters. The van der Waals surface area contributed by atoms with Gasteiger partial charge in [-0.15, -0.1) is 5.16 Å². The minimum atomic E-state index is -0.336. The summed E-state index contributed by atoms with van der Waals surface area (Å²) >= 11 is 0. The molecule has 1 rings (SSSR count). The number of nitrogens with one attached hydrogen (secondary N) is 1. The van der Waals surface area contributed by atoms with E-state index in [9.17, 15) is 4.79 Å². The Balaban J connectivity index is 2.70. The van der Waals surface area contributed by atoms with Crippen LogP contribution >= 0.6 is 0 Å². The smallest absolute Gasteiger partial charge is 0.221 e. The molecule has 0 aromatic heterocycles. The van der Waals surface area contributed by atoms with E-state index in [1.165, 1.54) is 13.1 Å². The highest BCUT2D eigenvalue weighted by molar-refractivity contribution is 5.88. The van der Waals surface area contributed by atoms with E-state index in [-0.39, 0.29) is 11.9 Å². The fourth-order valence-corrected chi connectivity index (χ4v) is 1.39. The summed E-state index contributed by atoms with van der Waals surface area (Å²) in [6, 6.07) is 7.04. The first-order valence-corrected chi connectivity index (χ1v) is 4.91. The van der Waals surface area contributed by atoms with Crippen molar-refractivity contribution < 1.29 is 10.0 Å². The van der Waals surface area contributed by atoms with Gasteiger partial charge in [0.1, 0.15) is 0 Å². The molecule has 1 aromatic carbocycles. The molecule has 5 heteroatoms. The monoisotopic (exact) mass is 221 g/mol. The molecule has 4 N–H and O–H groups in total. The standard InChI is InChI=1S/C11H15N3O2/c1-8(15)14-11-4-2-3-9(6-11)5-10(12)7-13-16/h2-4,6-7,10,16H,5,12H2,1H3,(H,14,15)/b13-7+. The fraction of sp³-hybridized carbons (Fsp3) is 0.273. The van der Waals surface area contributed by atoms with Crippen LogP contribution in [0.1, 0.15) is 12.5 Å². The number of hydrogen-bond donors (Lipinski definition) is 3. The predicted molar refractivity (Wildman–Crippen MR) is 62.7 cm³/mol. The molecule has 0 saturated carbocycles. The third-order valence-corrected chi connectivity index (χ3v) is 1.98. The summed E-state index contributed by atoms with van der Waals surface area (Å²) in [5.41, 5.74) is 7.38. The molecule has 1 amide bonds. The minimum absolute atomic E-state index is 0.113. The Morgan fingerprint density at radius 3 is 3.06 bits per heavy atom. The molecule has 86 valence electrons. The molecule has 0 fully saturated rings. The first-order valence-electron chi connectivity index (χ1n) is 4.91. The summed E-state index contributed by atoms with van der Waals surface area (Å²) in [6.07, 6.45) is 1.82. The molecule has 0 bridgehead atoms. The molecule has 0 heterocycles. The SMILES string of the molecule is CC(=O)Nc1cccc(CC(N)/C=N/O)c1. The maximum Gasteiger partial charge on any atom is 0.221 e. The van der Waals surface area contributed by atoms with Gasteiger partial charge < -0.3 is 16.3 Å². The lowest BCUT2D eigenvalue weighted by Gasteiger charge is -2.07. The maximum atomic E-state index is 10.9. The summed E-state index contributed by atoms with van der Waals surface area (Å²) in [7, 11) is 0. The fourth-order valence-electron chi connectivity index (χ4n) is 1.39.